The molecule has 0 unspecified atom stereocenters. The zero-order valence-corrected chi connectivity index (χ0v) is 16.8. The molecule has 0 saturated carbocycles. The summed E-state index contributed by atoms with van der Waals surface area (Å²) in [7, 11) is 0. The van der Waals surface area contributed by atoms with E-state index in [1.54, 1.807) is 0 Å². The molecule has 0 aromatic heterocycles. The summed E-state index contributed by atoms with van der Waals surface area (Å²) in [6.07, 6.45) is 1.93. The fourth-order valence-corrected chi connectivity index (χ4v) is 3.25. The van der Waals surface area contributed by atoms with Crippen molar-refractivity contribution < 1.29 is 9.53 Å². The Hall–Kier alpha value is -3.11. The molecule has 0 spiro atoms. The van der Waals surface area contributed by atoms with Gasteiger partial charge in [0.2, 0.25) is 5.91 Å². The molecular formula is C25H28N2O2. The van der Waals surface area contributed by atoms with E-state index in [0.717, 1.165) is 24.9 Å². The van der Waals surface area contributed by atoms with Gasteiger partial charge in [-0.3, -0.25) is 4.79 Å². The van der Waals surface area contributed by atoms with Crippen molar-refractivity contribution in [3.05, 3.63) is 96.1 Å². The van der Waals surface area contributed by atoms with Crippen LogP contribution in [-0.4, -0.2) is 19.1 Å². The third-order valence-corrected chi connectivity index (χ3v) is 4.67. The van der Waals surface area contributed by atoms with Crippen molar-refractivity contribution in [2.24, 2.45) is 0 Å². The van der Waals surface area contributed by atoms with Crippen LogP contribution in [0.2, 0.25) is 0 Å². The average Bonchev–Trinajstić information content (AvgIpc) is 2.76. The first-order chi connectivity index (χ1) is 14.3. The molecular weight excluding hydrogens is 360 g/mol. The Balaban J connectivity index is 1.66. The molecule has 1 amide bonds. The van der Waals surface area contributed by atoms with Gasteiger partial charge in [-0.15, -0.1) is 0 Å². The molecule has 2 N–H and O–H groups in total. The quantitative estimate of drug-likeness (QED) is 0.481. The lowest BCUT2D eigenvalue weighted by atomic mass is 10.0. The Bertz CT molecular complexity index is 882. The molecule has 29 heavy (non-hydrogen) atoms. The lowest BCUT2D eigenvalue weighted by Gasteiger charge is -2.20. The summed E-state index contributed by atoms with van der Waals surface area (Å²) in [5.74, 6) is 0.585. The number of para-hydroxylation sites is 2. The second kappa shape index (κ2) is 11.0. The Morgan fingerprint density at radius 3 is 2.28 bits per heavy atom. The maximum atomic E-state index is 13.1. The van der Waals surface area contributed by atoms with Crippen LogP contribution in [0.25, 0.3) is 0 Å². The zero-order chi connectivity index (χ0) is 20.3. The van der Waals surface area contributed by atoms with Crippen LogP contribution in [0.5, 0.6) is 5.75 Å². The van der Waals surface area contributed by atoms with Gasteiger partial charge in [0.25, 0.3) is 0 Å². The van der Waals surface area contributed by atoms with E-state index in [2.05, 4.69) is 34.9 Å². The number of carbonyl (C=O) groups excluding carboxylic acids is 1. The van der Waals surface area contributed by atoms with Crippen LogP contribution in [0.4, 0.5) is 5.69 Å². The summed E-state index contributed by atoms with van der Waals surface area (Å²) in [4.78, 5) is 13.1. The highest BCUT2D eigenvalue weighted by Crippen LogP contribution is 2.25. The number of amides is 1. The van der Waals surface area contributed by atoms with E-state index >= 15 is 0 Å². The molecule has 4 nitrogen and oxygen atoms in total. The summed E-state index contributed by atoms with van der Waals surface area (Å²) in [5.41, 5.74) is 2.94. The molecule has 4 heteroatoms. The van der Waals surface area contributed by atoms with E-state index in [9.17, 15) is 4.79 Å². The third kappa shape index (κ3) is 6.19. The summed E-state index contributed by atoms with van der Waals surface area (Å²) in [6, 6.07) is 27.3. The van der Waals surface area contributed by atoms with Gasteiger partial charge in [-0.1, -0.05) is 72.8 Å². The molecule has 1 atom stereocenters. The average molecular weight is 389 g/mol. The minimum absolute atomic E-state index is 0.0944. The lowest BCUT2D eigenvalue weighted by Crippen LogP contribution is -2.34. The molecule has 0 aliphatic carbocycles. The minimum atomic E-state index is -0.429. The van der Waals surface area contributed by atoms with Gasteiger partial charge >= 0.3 is 0 Å². The number of benzene rings is 3. The van der Waals surface area contributed by atoms with Crippen molar-refractivity contribution in [1.29, 1.82) is 0 Å². The van der Waals surface area contributed by atoms with Crippen molar-refractivity contribution in [3.8, 4) is 5.75 Å². The zero-order valence-electron chi connectivity index (χ0n) is 16.8. The molecule has 3 rings (SSSR count). The molecule has 150 valence electrons. The molecule has 0 heterocycles. The van der Waals surface area contributed by atoms with Crippen molar-refractivity contribution in [2.75, 3.05) is 18.5 Å². The maximum absolute atomic E-state index is 13.1. The fourth-order valence-electron chi connectivity index (χ4n) is 3.25. The van der Waals surface area contributed by atoms with E-state index in [0.29, 0.717) is 18.0 Å². The number of anilines is 1. The van der Waals surface area contributed by atoms with Gasteiger partial charge in [0.15, 0.2) is 0 Å². The predicted octanol–water partition coefficient (Wildman–Crippen LogP) is 4.99. The van der Waals surface area contributed by atoms with E-state index in [4.69, 9.17) is 4.74 Å². The molecule has 0 bridgehead atoms. The second-order valence-corrected chi connectivity index (χ2v) is 6.81. The van der Waals surface area contributed by atoms with Crippen LogP contribution in [0.3, 0.4) is 0 Å². The van der Waals surface area contributed by atoms with Crippen LogP contribution in [0.1, 0.15) is 30.5 Å². The summed E-state index contributed by atoms with van der Waals surface area (Å²) in [6.45, 7) is 3.22. The highest BCUT2D eigenvalue weighted by Gasteiger charge is 2.21. The topological polar surface area (TPSA) is 50.4 Å². The van der Waals surface area contributed by atoms with E-state index in [1.807, 2.05) is 67.6 Å². The van der Waals surface area contributed by atoms with Crippen LogP contribution in [0, 0.1) is 0 Å². The first-order valence-corrected chi connectivity index (χ1v) is 10.1. The van der Waals surface area contributed by atoms with Crippen molar-refractivity contribution in [1.82, 2.24) is 5.32 Å². The SMILES string of the molecule is CCOc1ccccc1NC(=O)[C@@H](NCCCc1ccccc1)c1ccccc1. The number of hydrogen-bond donors (Lipinski definition) is 2. The monoisotopic (exact) mass is 388 g/mol. The van der Waals surface area contributed by atoms with Gasteiger partial charge in [0, 0.05) is 0 Å². The number of nitrogens with one attached hydrogen (secondary N) is 2. The van der Waals surface area contributed by atoms with Crippen LogP contribution in [0.15, 0.2) is 84.9 Å². The maximum Gasteiger partial charge on any atom is 0.246 e. The van der Waals surface area contributed by atoms with Gasteiger partial charge in [0.1, 0.15) is 11.8 Å². The number of aryl methyl sites for hydroxylation is 1. The second-order valence-electron chi connectivity index (χ2n) is 6.81. The standard InChI is InChI=1S/C25H28N2O2/c1-2-29-23-18-10-9-17-22(23)27-25(28)24(21-15-7-4-8-16-21)26-19-11-14-20-12-5-3-6-13-20/h3-10,12-13,15-18,24,26H,2,11,14,19H2,1H3,(H,27,28)/t24-/m0/s1. The number of ether oxygens (including phenoxy) is 1. The van der Waals surface area contributed by atoms with Crippen LogP contribution < -0.4 is 15.4 Å². The van der Waals surface area contributed by atoms with E-state index < -0.39 is 6.04 Å². The van der Waals surface area contributed by atoms with Gasteiger partial charge in [-0.2, -0.15) is 0 Å². The van der Waals surface area contributed by atoms with Gasteiger partial charge in [-0.25, -0.2) is 0 Å². The largest absolute Gasteiger partial charge is 0.492 e. The Labute approximate surface area is 172 Å². The third-order valence-electron chi connectivity index (χ3n) is 4.67. The van der Waals surface area contributed by atoms with Crippen LogP contribution in [-0.2, 0) is 11.2 Å². The molecule has 0 aliphatic rings. The molecule has 3 aromatic rings. The summed E-state index contributed by atoms with van der Waals surface area (Å²) < 4.78 is 5.64. The smallest absolute Gasteiger partial charge is 0.246 e. The van der Waals surface area contributed by atoms with Gasteiger partial charge < -0.3 is 15.4 Å². The van der Waals surface area contributed by atoms with E-state index in [1.165, 1.54) is 5.56 Å². The first kappa shape index (κ1) is 20.6. The van der Waals surface area contributed by atoms with E-state index in [-0.39, 0.29) is 5.91 Å². The van der Waals surface area contributed by atoms with Crippen molar-refractivity contribution in [3.63, 3.8) is 0 Å². The number of hydrogen-bond acceptors (Lipinski definition) is 3. The van der Waals surface area contributed by atoms with Gasteiger partial charge in [-0.05, 0) is 49.6 Å². The molecule has 0 saturated heterocycles. The molecule has 0 radical (unpaired) electrons. The number of rotatable bonds is 10. The molecule has 0 aliphatic heterocycles. The van der Waals surface area contributed by atoms with Crippen LogP contribution >= 0.6 is 0 Å². The number of carbonyl (C=O) groups is 1. The van der Waals surface area contributed by atoms with Crippen molar-refractivity contribution in [2.45, 2.75) is 25.8 Å². The molecule has 0 fully saturated rings. The molecule has 3 aromatic carbocycles. The summed E-state index contributed by atoms with van der Waals surface area (Å²) in [5, 5.41) is 6.45. The lowest BCUT2D eigenvalue weighted by molar-refractivity contribution is -0.118. The normalized spacial score (nSPS) is 11.6. The first-order valence-electron chi connectivity index (χ1n) is 10.1. The van der Waals surface area contributed by atoms with Gasteiger partial charge in [0.05, 0.1) is 12.3 Å². The summed E-state index contributed by atoms with van der Waals surface area (Å²) >= 11 is 0. The highest BCUT2D eigenvalue weighted by atomic mass is 16.5. The fraction of sp³-hybridized carbons (Fsp3) is 0.240. The highest BCUT2D eigenvalue weighted by molar-refractivity contribution is 5.96. The minimum Gasteiger partial charge on any atom is -0.492 e. The Kier molecular flexibility index (Phi) is 7.84. The predicted molar refractivity (Wildman–Crippen MR) is 118 cm³/mol. The Morgan fingerprint density at radius 1 is 0.897 bits per heavy atom. The Morgan fingerprint density at radius 2 is 1.55 bits per heavy atom. The van der Waals surface area contributed by atoms with Crippen molar-refractivity contribution >= 4 is 11.6 Å².